The van der Waals surface area contributed by atoms with E-state index in [1.165, 1.54) is 11.3 Å². The van der Waals surface area contributed by atoms with Gasteiger partial charge in [-0.2, -0.15) is 0 Å². The molecule has 0 amide bonds. The van der Waals surface area contributed by atoms with Gasteiger partial charge in [0.05, 0.1) is 4.88 Å². The topological polar surface area (TPSA) is 20.3 Å². The Morgan fingerprint density at radius 1 is 1.33 bits per heavy atom. The summed E-state index contributed by atoms with van der Waals surface area (Å²) in [6, 6.07) is 3.82. The van der Waals surface area contributed by atoms with Crippen LogP contribution in [-0.2, 0) is 0 Å². The van der Waals surface area contributed by atoms with E-state index in [2.05, 4.69) is 0 Å². The lowest BCUT2D eigenvalue weighted by atomic mass is 10.3. The summed E-state index contributed by atoms with van der Waals surface area (Å²) in [7, 11) is 3.88. The molecular weight excluding hydrogens is 206 g/mol. The molecule has 0 aliphatic rings. The molecular formula is C12H15NOS. The van der Waals surface area contributed by atoms with Crippen LogP contribution in [0.5, 0.6) is 0 Å². The minimum absolute atomic E-state index is 0.0662. The number of allylic oxidation sites excluding steroid dienone is 3. The highest BCUT2D eigenvalue weighted by Crippen LogP contribution is 2.15. The van der Waals surface area contributed by atoms with Gasteiger partial charge in [-0.3, -0.25) is 4.79 Å². The zero-order valence-corrected chi connectivity index (χ0v) is 10.0. The fraction of sp³-hybridized carbons (Fsp3) is 0.250. The number of nitrogens with zero attached hydrogens (tertiary/aromatic N) is 1. The van der Waals surface area contributed by atoms with Crippen LogP contribution in [0.15, 0.2) is 36.6 Å². The van der Waals surface area contributed by atoms with Gasteiger partial charge in [0, 0.05) is 19.0 Å². The van der Waals surface area contributed by atoms with Crippen LogP contribution in [0.2, 0.25) is 0 Å². The molecule has 0 aliphatic carbocycles. The minimum atomic E-state index is 0.0662. The first-order valence-corrected chi connectivity index (χ1v) is 5.53. The van der Waals surface area contributed by atoms with E-state index in [-0.39, 0.29) is 5.78 Å². The van der Waals surface area contributed by atoms with Crippen LogP contribution < -0.4 is 0 Å². The molecule has 0 radical (unpaired) electrons. The van der Waals surface area contributed by atoms with Crippen molar-refractivity contribution in [3.8, 4) is 0 Å². The molecule has 80 valence electrons. The average Bonchev–Trinajstić information content (AvgIpc) is 2.59. The van der Waals surface area contributed by atoms with Gasteiger partial charge in [-0.05, 0) is 37.4 Å². The molecule has 0 unspecified atom stereocenters. The standard InChI is InChI=1S/C12H15NOS/c1-10-7-8-12(15-10)11(14)6-4-5-9-13(2)3/h4-9H,1-3H3/b6-4+,9-5+. The Morgan fingerprint density at radius 3 is 2.60 bits per heavy atom. The normalized spacial score (nSPS) is 11.4. The Hall–Kier alpha value is -1.35. The van der Waals surface area contributed by atoms with Gasteiger partial charge in [0.15, 0.2) is 5.78 Å². The molecule has 0 spiro atoms. The van der Waals surface area contributed by atoms with E-state index < -0.39 is 0 Å². The van der Waals surface area contributed by atoms with E-state index in [4.69, 9.17) is 0 Å². The maximum absolute atomic E-state index is 11.6. The predicted octanol–water partition coefficient (Wildman–Crippen LogP) is 2.87. The molecule has 0 aliphatic heterocycles. The third-order valence-electron chi connectivity index (χ3n) is 1.73. The average molecular weight is 221 g/mol. The third kappa shape index (κ3) is 4.13. The molecule has 0 saturated heterocycles. The molecule has 1 aromatic rings. The van der Waals surface area contributed by atoms with Gasteiger partial charge in [0.25, 0.3) is 0 Å². The number of thiophene rings is 1. The van der Waals surface area contributed by atoms with Gasteiger partial charge >= 0.3 is 0 Å². The third-order valence-corrected chi connectivity index (χ3v) is 2.74. The van der Waals surface area contributed by atoms with Crippen molar-refractivity contribution in [2.24, 2.45) is 0 Å². The first-order valence-electron chi connectivity index (χ1n) is 4.71. The molecule has 0 N–H and O–H groups in total. The maximum Gasteiger partial charge on any atom is 0.195 e. The largest absolute Gasteiger partial charge is 0.383 e. The van der Waals surface area contributed by atoms with Crippen LogP contribution in [0.25, 0.3) is 0 Å². The van der Waals surface area contributed by atoms with Crippen LogP contribution in [0.3, 0.4) is 0 Å². The Kier molecular flexibility index (Phi) is 4.31. The SMILES string of the molecule is Cc1ccc(C(=O)/C=C/C=C/N(C)C)s1. The molecule has 1 heterocycles. The Morgan fingerprint density at radius 2 is 2.07 bits per heavy atom. The van der Waals surface area contributed by atoms with E-state index in [1.807, 2.05) is 50.3 Å². The quantitative estimate of drug-likeness (QED) is 0.442. The van der Waals surface area contributed by atoms with E-state index in [9.17, 15) is 4.79 Å². The molecule has 2 nitrogen and oxygen atoms in total. The summed E-state index contributed by atoms with van der Waals surface area (Å²) >= 11 is 1.52. The Balaban J connectivity index is 2.56. The van der Waals surface area contributed by atoms with Crippen LogP contribution >= 0.6 is 11.3 Å². The molecule has 15 heavy (non-hydrogen) atoms. The second kappa shape index (κ2) is 5.51. The number of ketones is 1. The molecule has 0 aromatic carbocycles. The van der Waals surface area contributed by atoms with Crippen molar-refractivity contribution >= 4 is 17.1 Å². The number of rotatable bonds is 4. The number of hydrogen-bond donors (Lipinski definition) is 0. The van der Waals surface area contributed by atoms with Crippen molar-refractivity contribution in [1.29, 1.82) is 0 Å². The van der Waals surface area contributed by atoms with E-state index >= 15 is 0 Å². The first kappa shape index (κ1) is 11.7. The predicted molar refractivity (Wildman–Crippen MR) is 65.4 cm³/mol. The summed E-state index contributed by atoms with van der Waals surface area (Å²) in [5.74, 6) is 0.0662. The van der Waals surface area contributed by atoms with Crippen molar-refractivity contribution in [3.05, 3.63) is 46.3 Å². The second-order valence-electron chi connectivity index (χ2n) is 3.44. The van der Waals surface area contributed by atoms with Gasteiger partial charge in [-0.25, -0.2) is 0 Å². The van der Waals surface area contributed by atoms with Crippen LogP contribution in [0.1, 0.15) is 14.5 Å². The van der Waals surface area contributed by atoms with Crippen molar-refractivity contribution in [2.45, 2.75) is 6.92 Å². The minimum Gasteiger partial charge on any atom is -0.383 e. The molecule has 0 atom stereocenters. The summed E-state index contributed by atoms with van der Waals surface area (Å²) < 4.78 is 0. The highest BCUT2D eigenvalue weighted by atomic mass is 32.1. The molecule has 3 heteroatoms. The molecule has 1 rings (SSSR count). The summed E-state index contributed by atoms with van der Waals surface area (Å²) in [6.45, 7) is 2.00. The first-order chi connectivity index (χ1) is 7.09. The zero-order valence-electron chi connectivity index (χ0n) is 9.23. The van der Waals surface area contributed by atoms with Gasteiger partial charge < -0.3 is 4.90 Å². The monoisotopic (exact) mass is 221 g/mol. The number of carbonyl (C=O) groups excluding carboxylic acids is 1. The summed E-state index contributed by atoms with van der Waals surface area (Å²) in [6.07, 6.45) is 7.09. The lowest BCUT2D eigenvalue weighted by Gasteiger charge is -2.00. The van der Waals surface area contributed by atoms with Crippen molar-refractivity contribution in [3.63, 3.8) is 0 Å². The molecule has 0 saturated carbocycles. The summed E-state index contributed by atoms with van der Waals surface area (Å²) in [4.78, 5) is 15.5. The smallest absolute Gasteiger partial charge is 0.195 e. The van der Waals surface area contributed by atoms with Crippen molar-refractivity contribution in [1.82, 2.24) is 4.90 Å². The second-order valence-corrected chi connectivity index (χ2v) is 4.73. The maximum atomic E-state index is 11.6. The fourth-order valence-corrected chi connectivity index (χ4v) is 1.80. The van der Waals surface area contributed by atoms with Gasteiger partial charge in [-0.1, -0.05) is 6.08 Å². The number of aryl methyl sites for hydroxylation is 1. The van der Waals surface area contributed by atoms with Gasteiger partial charge in [0.2, 0.25) is 0 Å². The fourth-order valence-electron chi connectivity index (χ4n) is 1.01. The molecule has 0 bridgehead atoms. The van der Waals surface area contributed by atoms with E-state index in [0.717, 1.165) is 9.75 Å². The summed E-state index contributed by atoms with van der Waals surface area (Å²) in [5.41, 5.74) is 0. The molecule has 1 aromatic heterocycles. The Bertz CT molecular complexity index is 388. The van der Waals surface area contributed by atoms with Crippen LogP contribution in [0.4, 0.5) is 0 Å². The Labute approximate surface area is 94.5 Å². The van der Waals surface area contributed by atoms with Crippen LogP contribution in [0, 0.1) is 6.92 Å². The van der Waals surface area contributed by atoms with E-state index in [0.29, 0.717) is 0 Å². The van der Waals surface area contributed by atoms with Crippen molar-refractivity contribution < 1.29 is 4.79 Å². The van der Waals surface area contributed by atoms with E-state index in [1.54, 1.807) is 12.2 Å². The lowest BCUT2D eigenvalue weighted by molar-refractivity contribution is 0.105. The summed E-state index contributed by atoms with van der Waals surface area (Å²) in [5, 5.41) is 0. The van der Waals surface area contributed by atoms with Crippen molar-refractivity contribution in [2.75, 3.05) is 14.1 Å². The highest BCUT2D eigenvalue weighted by molar-refractivity contribution is 7.14. The number of hydrogen-bond acceptors (Lipinski definition) is 3. The van der Waals surface area contributed by atoms with Crippen LogP contribution in [-0.4, -0.2) is 24.8 Å². The lowest BCUT2D eigenvalue weighted by Crippen LogP contribution is -1.99. The van der Waals surface area contributed by atoms with Gasteiger partial charge in [0.1, 0.15) is 0 Å². The highest BCUT2D eigenvalue weighted by Gasteiger charge is 2.02. The van der Waals surface area contributed by atoms with Gasteiger partial charge in [-0.15, -0.1) is 11.3 Å². The zero-order chi connectivity index (χ0) is 11.3. The molecule has 0 fully saturated rings. The number of carbonyl (C=O) groups is 1.